The van der Waals surface area contributed by atoms with Crippen molar-refractivity contribution in [1.82, 2.24) is 5.32 Å². The van der Waals surface area contributed by atoms with Gasteiger partial charge < -0.3 is 24.8 Å². The first-order valence-electron chi connectivity index (χ1n) is 8.77. The first-order chi connectivity index (χ1) is 12.7. The van der Waals surface area contributed by atoms with Gasteiger partial charge in [-0.3, -0.25) is 0 Å². The maximum absolute atomic E-state index is 5.84. The van der Waals surface area contributed by atoms with Crippen LogP contribution in [0.25, 0.3) is 0 Å². The summed E-state index contributed by atoms with van der Waals surface area (Å²) in [5.41, 5.74) is 0.757. The van der Waals surface area contributed by atoms with Crippen molar-refractivity contribution >= 4 is 18.4 Å². The van der Waals surface area contributed by atoms with Crippen molar-refractivity contribution < 1.29 is 14.2 Å². The molecule has 7 heteroatoms. The minimum atomic E-state index is 0.338. The highest BCUT2D eigenvalue weighted by molar-refractivity contribution is 5.97. The van der Waals surface area contributed by atoms with Crippen LogP contribution in [-0.4, -0.2) is 46.2 Å². The molecule has 0 spiro atoms. The Balaban J connectivity index is 1.96. The van der Waals surface area contributed by atoms with Crippen LogP contribution in [0, 0.1) is 0 Å². The summed E-state index contributed by atoms with van der Waals surface area (Å²) in [6, 6.07) is 5.50. The van der Waals surface area contributed by atoms with Crippen molar-refractivity contribution in [2.24, 2.45) is 9.98 Å². The molecule has 0 bridgehead atoms. The largest absolute Gasteiger partial charge is 0.493 e. The Bertz CT molecular complexity index is 640. The van der Waals surface area contributed by atoms with E-state index in [4.69, 9.17) is 14.2 Å². The molecule has 142 valence electrons. The Kier molecular flexibility index (Phi) is 7.95. The molecule has 1 aromatic carbocycles. The molecule has 7 nitrogen and oxygen atoms in total. The van der Waals surface area contributed by atoms with Crippen LogP contribution >= 0.6 is 0 Å². The first kappa shape index (κ1) is 19.8. The molecular formula is C19H28N4O3. The number of anilines is 1. The maximum atomic E-state index is 5.84. The number of benzene rings is 1. The summed E-state index contributed by atoms with van der Waals surface area (Å²) in [6.45, 7) is 8.29. The molecule has 0 aromatic heterocycles. The molecule has 1 fully saturated rings. The second kappa shape index (κ2) is 10.5. The average molecular weight is 360 g/mol. The molecule has 0 atom stereocenters. The predicted molar refractivity (Wildman–Crippen MR) is 106 cm³/mol. The van der Waals surface area contributed by atoms with E-state index < -0.39 is 0 Å². The number of guanidine groups is 1. The van der Waals surface area contributed by atoms with E-state index in [0.717, 1.165) is 18.5 Å². The third-order valence-corrected chi connectivity index (χ3v) is 4.10. The van der Waals surface area contributed by atoms with Gasteiger partial charge in [0.05, 0.1) is 19.8 Å². The molecule has 1 aliphatic carbocycles. The summed E-state index contributed by atoms with van der Waals surface area (Å²) in [7, 11) is 3.35. The fraction of sp³-hybridized carbons (Fsp3) is 0.474. The van der Waals surface area contributed by atoms with E-state index in [-0.39, 0.29) is 0 Å². The van der Waals surface area contributed by atoms with Crippen LogP contribution in [0.4, 0.5) is 5.69 Å². The molecule has 0 saturated heterocycles. The van der Waals surface area contributed by atoms with Gasteiger partial charge in [0.1, 0.15) is 12.4 Å². The summed E-state index contributed by atoms with van der Waals surface area (Å²) in [5.74, 6) is 2.10. The van der Waals surface area contributed by atoms with Gasteiger partial charge >= 0.3 is 0 Å². The van der Waals surface area contributed by atoms with E-state index in [1.54, 1.807) is 14.2 Å². The van der Waals surface area contributed by atoms with Crippen LogP contribution in [0.2, 0.25) is 0 Å². The predicted octanol–water partition coefficient (Wildman–Crippen LogP) is 3.19. The zero-order chi connectivity index (χ0) is 18.8. The van der Waals surface area contributed by atoms with Crippen LogP contribution in [0.3, 0.4) is 0 Å². The van der Waals surface area contributed by atoms with Crippen molar-refractivity contribution in [1.29, 1.82) is 0 Å². The van der Waals surface area contributed by atoms with Crippen LogP contribution in [-0.2, 0) is 4.74 Å². The number of ether oxygens (including phenoxy) is 3. The monoisotopic (exact) mass is 360 g/mol. The van der Waals surface area contributed by atoms with Gasteiger partial charge in [0, 0.05) is 18.8 Å². The standard InChI is InChI=1S/C19H28N4O3/c1-14(20-2)22-19(21-3)23-15-9-10-17(24-4)18(13-15)26-12-11-25-16-7-5-6-8-16/h9-10,13,16,20H,1,3,5-8,11-12H2,2,4H3,(H,22,23). The van der Waals surface area contributed by atoms with Crippen LogP contribution in [0.15, 0.2) is 40.6 Å². The lowest BCUT2D eigenvalue weighted by Gasteiger charge is -2.15. The zero-order valence-corrected chi connectivity index (χ0v) is 15.6. The molecule has 2 N–H and O–H groups in total. The molecule has 0 aliphatic heterocycles. The van der Waals surface area contributed by atoms with Gasteiger partial charge in [-0.25, -0.2) is 4.99 Å². The van der Waals surface area contributed by atoms with Gasteiger partial charge in [0.25, 0.3) is 0 Å². The number of methoxy groups -OCH3 is 1. The van der Waals surface area contributed by atoms with Crippen molar-refractivity contribution in [2.75, 3.05) is 32.7 Å². The molecular weight excluding hydrogens is 332 g/mol. The molecule has 2 rings (SSSR count). The van der Waals surface area contributed by atoms with Crippen molar-refractivity contribution in [3.8, 4) is 11.5 Å². The fourth-order valence-electron chi connectivity index (χ4n) is 2.70. The normalized spacial score (nSPS) is 14.8. The van der Waals surface area contributed by atoms with Gasteiger partial charge in [-0.05, 0) is 31.7 Å². The van der Waals surface area contributed by atoms with E-state index in [2.05, 4.69) is 33.9 Å². The molecule has 26 heavy (non-hydrogen) atoms. The highest BCUT2D eigenvalue weighted by atomic mass is 16.5. The lowest BCUT2D eigenvalue weighted by molar-refractivity contribution is 0.0377. The number of aliphatic imine (C=N–C) groups is 2. The summed E-state index contributed by atoms with van der Waals surface area (Å²) in [6.07, 6.45) is 5.20. The number of hydrogen-bond donors (Lipinski definition) is 2. The lowest BCUT2D eigenvalue weighted by atomic mass is 10.2. The molecule has 1 aliphatic rings. The van der Waals surface area contributed by atoms with E-state index in [0.29, 0.717) is 42.6 Å². The second-order valence-electron chi connectivity index (χ2n) is 5.91. The van der Waals surface area contributed by atoms with Crippen molar-refractivity contribution in [3.63, 3.8) is 0 Å². The Morgan fingerprint density at radius 1 is 1.23 bits per heavy atom. The summed E-state index contributed by atoms with van der Waals surface area (Å²) < 4.78 is 17.0. The summed E-state index contributed by atoms with van der Waals surface area (Å²) in [5, 5.41) is 5.91. The quantitative estimate of drug-likeness (QED) is 0.402. The Labute approximate surface area is 155 Å². The number of hydrogen-bond acceptors (Lipinski definition) is 5. The molecule has 0 radical (unpaired) electrons. The maximum Gasteiger partial charge on any atom is 0.228 e. The molecule has 1 saturated carbocycles. The Hall–Kier alpha value is -2.54. The molecule has 0 amide bonds. The minimum absolute atomic E-state index is 0.338. The Morgan fingerprint density at radius 3 is 2.65 bits per heavy atom. The van der Waals surface area contributed by atoms with Gasteiger partial charge in [-0.1, -0.05) is 19.4 Å². The fourth-order valence-corrected chi connectivity index (χ4v) is 2.70. The topological polar surface area (TPSA) is 76.5 Å². The van der Waals surface area contributed by atoms with E-state index in [9.17, 15) is 0 Å². The number of nitrogens with zero attached hydrogens (tertiary/aromatic N) is 2. The van der Waals surface area contributed by atoms with E-state index in [1.165, 1.54) is 12.8 Å². The first-order valence-corrected chi connectivity index (χ1v) is 8.77. The Morgan fingerprint density at radius 2 is 2.00 bits per heavy atom. The third kappa shape index (κ3) is 6.07. The second-order valence-corrected chi connectivity index (χ2v) is 5.91. The van der Waals surface area contributed by atoms with Gasteiger partial charge in [-0.15, -0.1) is 0 Å². The van der Waals surface area contributed by atoms with Gasteiger partial charge in [-0.2, -0.15) is 4.99 Å². The minimum Gasteiger partial charge on any atom is -0.493 e. The molecule has 0 unspecified atom stereocenters. The third-order valence-electron chi connectivity index (χ3n) is 4.10. The highest BCUT2D eigenvalue weighted by Crippen LogP contribution is 2.30. The number of nitrogens with one attached hydrogen (secondary N) is 2. The van der Waals surface area contributed by atoms with Crippen LogP contribution < -0.4 is 20.1 Å². The van der Waals surface area contributed by atoms with Crippen LogP contribution in [0.1, 0.15) is 25.7 Å². The smallest absolute Gasteiger partial charge is 0.228 e. The summed E-state index contributed by atoms with van der Waals surface area (Å²) >= 11 is 0. The van der Waals surface area contributed by atoms with Gasteiger partial charge in [0.2, 0.25) is 5.96 Å². The average Bonchev–Trinajstić information content (AvgIpc) is 3.18. The van der Waals surface area contributed by atoms with Crippen molar-refractivity contribution in [3.05, 3.63) is 30.6 Å². The van der Waals surface area contributed by atoms with Gasteiger partial charge in [0.15, 0.2) is 11.5 Å². The number of rotatable bonds is 9. The van der Waals surface area contributed by atoms with E-state index in [1.807, 2.05) is 18.2 Å². The van der Waals surface area contributed by atoms with Crippen LogP contribution in [0.5, 0.6) is 11.5 Å². The summed E-state index contributed by atoms with van der Waals surface area (Å²) in [4.78, 5) is 8.04. The SMILES string of the molecule is C=N/C(=N\C(=C)NC)Nc1ccc(OC)c(OCCOC2CCCC2)c1. The molecule has 1 aromatic rings. The molecule has 0 heterocycles. The lowest BCUT2D eigenvalue weighted by Crippen LogP contribution is -2.15. The zero-order valence-electron chi connectivity index (χ0n) is 15.6. The van der Waals surface area contributed by atoms with Crippen molar-refractivity contribution in [2.45, 2.75) is 31.8 Å². The highest BCUT2D eigenvalue weighted by Gasteiger charge is 2.15. The van der Waals surface area contributed by atoms with E-state index >= 15 is 0 Å².